The smallest absolute Gasteiger partial charge is 0.234 e. The number of halogens is 3. The van der Waals surface area contributed by atoms with Crippen molar-refractivity contribution in [3.63, 3.8) is 0 Å². The average molecular weight is 286 g/mol. The van der Waals surface area contributed by atoms with Crippen molar-refractivity contribution in [2.75, 3.05) is 0 Å². The maximum atomic E-state index is 13.7. The van der Waals surface area contributed by atoms with Crippen LogP contribution in [0.2, 0.25) is 0 Å². The van der Waals surface area contributed by atoms with Gasteiger partial charge in [-0.05, 0) is 13.0 Å². The van der Waals surface area contributed by atoms with E-state index < -0.39 is 23.2 Å². The molecule has 0 unspecified atom stereocenters. The summed E-state index contributed by atoms with van der Waals surface area (Å²) in [7, 11) is 0. The maximum absolute atomic E-state index is 13.7. The molecule has 98 valence electrons. The molecule has 2 heterocycles. The van der Waals surface area contributed by atoms with Gasteiger partial charge in [-0.3, -0.25) is 0 Å². The molecule has 0 aliphatic rings. The Hall–Kier alpha value is -2.16. The molecule has 1 N–H and O–H groups in total. The Morgan fingerprint density at radius 1 is 1.21 bits per heavy atom. The minimum atomic E-state index is -1.62. The summed E-state index contributed by atoms with van der Waals surface area (Å²) in [5.74, 6) is -5.12. The molecular formula is C10H5F3N4OS. The van der Waals surface area contributed by atoms with Gasteiger partial charge in [0, 0.05) is 0 Å². The Morgan fingerprint density at radius 3 is 2.63 bits per heavy atom. The lowest BCUT2D eigenvalue weighted by molar-refractivity contribution is 0.377. The molecule has 3 rings (SSSR count). The number of nitrogens with zero attached hydrogens (tertiary/aromatic N) is 4. The fraction of sp³-hybridized carbons (Fsp3) is 0.100. The highest BCUT2D eigenvalue weighted by Gasteiger charge is 2.22. The first-order valence-electron chi connectivity index (χ1n) is 5.04. The van der Waals surface area contributed by atoms with Crippen molar-refractivity contribution in [3.05, 3.63) is 29.3 Å². The molecule has 1 aromatic carbocycles. The molecule has 0 spiro atoms. The zero-order chi connectivity index (χ0) is 13.7. The van der Waals surface area contributed by atoms with Crippen LogP contribution in [0, 0.1) is 24.4 Å². The highest BCUT2D eigenvalue weighted by Crippen LogP contribution is 2.34. The van der Waals surface area contributed by atoms with Crippen LogP contribution in [0.15, 0.2) is 6.07 Å². The molecule has 2 aromatic heterocycles. The van der Waals surface area contributed by atoms with Gasteiger partial charge in [0.1, 0.15) is 0 Å². The zero-order valence-corrected chi connectivity index (χ0v) is 10.2. The topological polar surface area (TPSA) is 63.3 Å². The van der Waals surface area contributed by atoms with Crippen molar-refractivity contribution in [3.8, 4) is 16.3 Å². The summed E-state index contributed by atoms with van der Waals surface area (Å²) in [6.07, 6.45) is 0. The van der Waals surface area contributed by atoms with E-state index in [1.54, 1.807) is 6.92 Å². The Kier molecular flexibility index (Phi) is 2.45. The third-order valence-electron chi connectivity index (χ3n) is 2.51. The first-order chi connectivity index (χ1) is 8.99. The number of aryl methyl sites for hydroxylation is 1. The van der Waals surface area contributed by atoms with Crippen LogP contribution in [0.5, 0.6) is 5.75 Å². The van der Waals surface area contributed by atoms with E-state index in [-0.39, 0.29) is 10.6 Å². The maximum Gasteiger partial charge on any atom is 0.234 e. The van der Waals surface area contributed by atoms with Gasteiger partial charge in [0.05, 0.1) is 5.56 Å². The fourth-order valence-electron chi connectivity index (χ4n) is 1.57. The standard InChI is InChI=1S/C10H5F3N4OS/c1-3-14-15-10-17(3)16-9(19-10)4-2-5(11)7(13)8(18)6(4)12/h2,18H,1H3. The van der Waals surface area contributed by atoms with E-state index in [1.165, 1.54) is 4.52 Å². The van der Waals surface area contributed by atoms with Crippen LogP contribution in [0.4, 0.5) is 13.2 Å². The third-order valence-corrected chi connectivity index (χ3v) is 3.44. The minimum absolute atomic E-state index is 0.0692. The fourth-order valence-corrected chi connectivity index (χ4v) is 2.46. The van der Waals surface area contributed by atoms with E-state index in [2.05, 4.69) is 15.3 Å². The number of hydrogen-bond acceptors (Lipinski definition) is 5. The molecule has 0 atom stereocenters. The summed E-state index contributed by atoms with van der Waals surface area (Å²) in [5, 5.41) is 20.7. The molecule has 0 bridgehead atoms. The van der Waals surface area contributed by atoms with Gasteiger partial charge in [0.15, 0.2) is 28.2 Å². The number of aromatic hydroxyl groups is 1. The lowest BCUT2D eigenvalue weighted by Gasteiger charge is -2.03. The number of benzene rings is 1. The van der Waals surface area contributed by atoms with Gasteiger partial charge in [-0.25, -0.2) is 8.78 Å². The second-order valence-corrected chi connectivity index (χ2v) is 4.69. The molecule has 0 saturated heterocycles. The number of rotatable bonds is 1. The van der Waals surface area contributed by atoms with Gasteiger partial charge in [-0.1, -0.05) is 11.3 Å². The number of hydrogen-bond donors (Lipinski definition) is 1. The Balaban J connectivity index is 2.26. The van der Waals surface area contributed by atoms with Crippen molar-refractivity contribution in [2.24, 2.45) is 0 Å². The summed E-state index contributed by atoms with van der Waals surface area (Å²) < 4.78 is 41.3. The first kappa shape index (κ1) is 11.9. The predicted octanol–water partition coefficient (Wildman–Crippen LogP) is 2.28. The molecule has 9 heteroatoms. The molecule has 0 aliphatic heterocycles. The van der Waals surface area contributed by atoms with Crippen LogP contribution < -0.4 is 0 Å². The SMILES string of the molecule is Cc1nnc2sc(-c3cc(F)c(F)c(O)c3F)nn12. The van der Waals surface area contributed by atoms with E-state index in [9.17, 15) is 13.2 Å². The third kappa shape index (κ3) is 1.65. The van der Waals surface area contributed by atoms with Crippen molar-refractivity contribution in [1.82, 2.24) is 19.8 Å². The van der Waals surface area contributed by atoms with E-state index in [1.807, 2.05) is 0 Å². The predicted molar refractivity (Wildman–Crippen MR) is 60.4 cm³/mol. The van der Waals surface area contributed by atoms with Gasteiger partial charge in [0.25, 0.3) is 0 Å². The normalized spacial score (nSPS) is 11.4. The molecule has 0 amide bonds. The van der Waals surface area contributed by atoms with Crippen molar-refractivity contribution < 1.29 is 18.3 Å². The summed E-state index contributed by atoms with van der Waals surface area (Å²) in [4.78, 5) is 0.385. The second kappa shape index (κ2) is 3.92. The lowest BCUT2D eigenvalue weighted by atomic mass is 10.2. The Morgan fingerprint density at radius 2 is 1.95 bits per heavy atom. The lowest BCUT2D eigenvalue weighted by Crippen LogP contribution is -1.94. The Bertz CT molecular complexity index is 798. The van der Waals surface area contributed by atoms with Crippen molar-refractivity contribution in [2.45, 2.75) is 6.92 Å². The highest BCUT2D eigenvalue weighted by atomic mass is 32.1. The molecule has 0 radical (unpaired) electrons. The molecular weight excluding hydrogens is 281 g/mol. The van der Waals surface area contributed by atoms with E-state index in [0.29, 0.717) is 16.9 Å². The molecule has 3 aromatic rings. The number of phenolic OH excluding ortho intramolecular Hbond substituents is 1. The van der Waals surface area contributed by atoms with Crippen LogP contribution in [-0.4, -0.2) is 24.9 Å². The van der Waals surface area contributed by atoms with Crippen molar-refractivity contribution in [1.29, 1.82) is 0 Å². The average Bonchev–Trinajstić information content (AvgIpc) is 2.94. The quantitative estimate of drug-likeness (QED) is 0.697. The largest absolute Gasteiger partial charge is 0.503 e. The molecule has 5 nitrogen and oxygen atoms in total. The monoisotopic (exact) mass is 286 g/mol. The van der Waals surface area contributed by atoms with E-state index >= 15 is 0 Å². The van der Waals surface area contributed by atoms with Gasteiger partial charge < -0.3 is 5.11 Å². The molecule has 0 fully saturated rings. The van der Waals surface area contributed by atoms with Gasteiger partial charge in [-0.15, -0.1) is 10.2 Å². The summed E-state index contributed by atoms with van der Waals surface area (Å²) in [6.45, 7) is 1.64. The second-order valence-electron chi connectivity index (χ2n) is 3.73. The van der Waals surface area contributed by atoms with Crippen LogP contribution >= 0.6 is 11.3 Å². The summed E-state index contributed by atoms with van der Waals surface area (Å²) in [6, 6.07) is 0.644. The highest BCUT2D eigenvalue weighted by molar-refractivity contribution is 7.19. The van der Waals surface area contributed by atoms with Gasteiger partial charge >= 0.3 is 0 Å². The Labute approximate surface area is 107 Å². The van der Waals surface area contributed by atoms with E-state index in [4.69, 9.17) is 5.11 Å². The molecule has 0 saturated carbocycles. The van der Waals surface area contributed by atoms with Gasteiger partial charge in [0.2, 0.25) is 10.8 Å². The minimum Gasteiger partial charge on any atom is -0.503 e. The number of aromatic nitrogens is 4. The van der Waals surface area contributed by atoms with Crippen LogP contribution in [0.1, 0.15) is 5.82 Å². The summed E-state index contributed by atoms with van der Waals surface area (Å²) in [5.41, 5.74) is -0.327. The van der Waals surface area contributed by atoms with Crippen LogP contribution in [-0.2, 0) is 0 Å². The summed E-state index contributed by atoms with van der Waals surface area (Å²) >= 11 is 0.947. The zero-order valence-electron chi connectivity index (χ0n) is 9.36. The molecule has 0 aliphatic carbocycles. The van der Waals surface area contributed by atoms with Crippen LogP contribution in [0.25, 0.3) is 15.5 Å². The number of fused-ring (bicyclic) bond motifs is 1. The van der Waals surface area contributed by atoms with E-state index in [0.717, 1.165) is 11.3 Å². The van der Waals surface area contributed by atoms with Gasteiger partial charge in [-0.2, -0.15) is 14.0 Å². The molecule has 19 heavy (non-hydrogen) atoms. The van der Waals surface area contributed by atoms with Crippen LogP contribution in [0.3, 0.4) is 0 Å². The van der Waals surface area contributed by atoms with Crippen molar-refractivity contribution >= 4 is 16.3 Å². The first-order valence-corrected chi connectivity index (χ1v) is 5.86. The number of phenols is 1.